The molecule has 0 N–H and O–H groups in total. The first-order valence-electron chi connectivity index (χ1n) is 5.96. The van der Waals surface area contributed by atoms with Crippen molar-refractivity contribution in [3.8, 4) is 6.01 Å². The first kappa shape index (κ1) is 11.8. The third-order valence-corrected chi connectivity index (χ3v) is 2.99. The summed E-state index contributed by atoms with van der Waals surface area (Å²) in [4.78, 5) is 21.6. The van der Waals surface area contributed by atoms with Gasteiger partial charge in [0.05, 0.1) is 0 Å². The van der Waals surface area contributed by atoms with Crippen molar-refractivity contribution in [2.24, 2.45) is 0 Å². The Kier molecular flexibility index (Phi) is 3.90. The minimum Gasteiger partial charge on any atom is -0.453 e. The summed E-state index contributed by atoms with van der Waals surface area (Å²) in [5, 5.41) is 0. The van der Waals surface area contributed by atoms with Crippen molar-refractivity contribution in [2.75, 3.05) is 13.2 Å². The highest BCUT2D eigenvalue weighted by atomic mass is 16.5. The smallest absolute Gasteiger partial charge is 0.316 e. The van der Waals surface area contributed by atoms with Crippen LogP contribution in [0.2, 0.25) is 0 Å². The molecule has 1 atom stereocenters. The van der Waals surface area contributed by atoms with E-state index in [9.17, 15) is 4.79 Å². The van der Waals surface area contributed by atoms with Gasteiger partial charge in [-0.3, -0.25) is 4.79 Å². The standard InChI is InChI=1S/C12H17N3O2/c1-10-5-2-3-8-15(10)11(16)9-17-12-13-6-4-7-14-12/h4,6-7,10H,2-3,5,8-9H2,1H3/t10-/m1/s1. The van der Waals surface area contributed by atoms with Crippen LogP contribution in [0.5, 0.6) is 6.01 Å². The number of hydrogen-bond donors (Lipinski definition) is 0. The molecule has 0 bridgehead atoms. The van der Waals surface area contributed by atoms with Gasteiger partial charge >= 0.3 is 6.01 Å². The quantitative estimate of drug-likeness (QED) is 0.791. The molecule has 5 heteroatoms. The van der Waals surface area contributed by atoms with E-state index in [1.54, 1.807) is 18.5 Å². The van der Waals surface area contributed by atoms with Crippen LogP contribution in [0.15, 0.2) is 18.5 Å². The predicted octanol–water partition coefficient (Wildman–Crippen LogP) is 1.26. The summed E-state index contributed by atoms with van der Waals surface area (Å²) in [5.74, 6) is 0.0182. The Balaban J connectivity index is 1.84. The fourth-order valence-corrected chi connectivity index (χ4v) is 2.04. The molecule has 1 aromatic rings. The Labute approximate surface area is 101 Å². The molecule has 0 aromatic carbocycles. The fraction of sp³-hybridized carbons (Fsp3) is 0.583. The van der Waals surface area contributed by atoms with Gasteiger partial charge in [-0.1, -0.05) is 0 Å². The highest BCUT2D eigenvalue weighted by Gasteiger charge is 2.23. The highest BCUT2D eigenvalue weighted by molar-refractivity contribution is 5.78. The van der Waals surface area contributed by atoms with E-state index in [1.807, 2.05) is 4.90 Å². The maximum atomic E-state index is 11.9. The molecular weight excluding hydrogens is 218 g/mol. The summed E-state index contributed by atoms with van der Waals surface area (Å²) < 4.78 is 5.26. The summed E-state index contributed by atoms with van der Waals surface area (Å²) in [7, 11) is 0. The summed E-state index contributed by atoms with van der Waals surface area (Å²) in [6.45, 7) is 2.93. The molecule has 0 spiro atoms. The zero-order chi connectivity index (χ0) is 12.1. The van der Waals surface area contributed by atoms with Crippen molar-refractivity contribution in [3.63, 3.8) is 0 Å². The van der Waals surface area contributed by atoms with E-state index in [2.05, 4.69) is 16.9 Å². The van der Waals surface area contributed by atoms with Crippen LogP contribution in [-0.2, 0) is 4.79 Å². The average Bonchev–Trinajstić information content (AvgIpc) is 2.38. The molecular formula is C12H17N3O2. The molecule has 0 saturated carbocycles. The molecule has 0 radical (unpaired) electrons. The summed E-state index contributed by atoms with van der Waals surface area (Å²) in [5.41, 5.74) is 0. The zero-order valence-electron chi connectivity index (χ0n) is 10.0. The van der Waals surface area contributed by atoms with E-state index in [0.717, 1.165) is 19.4 Å². The van der Waals surface area contributed by atoms with Gasteiger partial charge in [0.2, 0.25) is 0 Å². The van der Waals surface area contributed by atoms with E-state index < -0.39 is 0 Å². The maximum absolute atomic E-state index is 11.9. The number of carbonyl (C=O) groups is 1. The van der Waals surface area contributed by atoms with Crippen LogP contribution in [0.4, 0.5) is 0 Å². The number of aromatic nitrogens is 2. The van der Waals surface area contributed by atoms with Crippen LogP contribution < -0.4 is 4.74 Å². The van der Waals surface area contributed by atoms with E-state index in [-0.39, 0.29) is 18.5 Å². The fourth-order valence-electron chi connectivity index (χ4n) is 2.04. The predicted molar refractivity (Wildman–Crippen MR) is 62.6 cm³/mol. The Morgan fingerprint density at radius 2 is 2.24 bits per heavy atom. The molecule has 92 valence electrons. The SMILES string of the molecule is C[C@@H]1CCCCN1C(=O)COc1ncccn1. The van der Waals surface area contributed by atoms with Gasteiger partial charge in [0, 0.05) is 25.0 Å². The Morgan fingerprint density at radius 1 is 1.47 bits per heavy atom. The van der Waals surface area contributed by atoms with Crippen LogP contribution in [-0.4, -0.2) is 40.0 Å². The number of piperidine rings is 1. The highest BCUT2D eigenvalue weighted by Crippen LogP contribution is 2.16. The first-order chi connectivity index (χ1) is 8.27. The summed E-state index contributed by atoms with van der Waals surface area (Å²) in [6, 6.07) is 2.28. The van der Waals surface area contributed by atoms with Gasteiger partial charge in [-0.25, -0.2) is 9.97 Å². The van der Waals surface area contributed by atoms with Crippen molar-refractivity contribution < 1.29 is 9.53 Å². The number of amides is 1. The lowest BCUT2D eigenvalue weighted by atomic mass is 10.0. The van der Waals surface area contributed by atoms with Gasteiger partial charge in [0.25, 0.3) is 5.91 Å². The molecule has 1 fully saturated rings. The number of ether oxygens (including phenoxy) is 1. The number of carbonyl (C=O) groups excluding carboxylic acids is 1. The normalized spacial score (nSPS) is 20.1. The number of nitrogens with zero attached hydrogens (tertiary/aromatic N) is 3. The maximum Gasteiger partial charge on any atom is 0.316 e. The van der Waals surface area contributed by atoms with Gasteiger partial charge in [-0.15, -0.1) is 0 Å². The average molecular weight is 235 g/mol. The van der Waals surface area contributed by atoms with E-state index >= 15 is 0 Å². The molecule has 2 rings (SSSR count). The van der Waals surface area contributed by atoms with Gasteiger partial charge in [0.15, 0.2) is 6.61 Å². The van der Waals surface area contributed by atoms with Gasteiger partial charge in [-0.05, 0) is 32.3 Å². The number of hydrogen-bond acceptors (Lipinski definition) is 4. The minimum atomic E-state index is 0.0182. The molecule has 1 aliphatic rings. The molecule has 17 heavy (non-hydrogen) atoms. The second kappa shape index (κ2) is 5.61. The van der Waals surface area contributed by atoms with E-state index in [0.29, 0.717) is 6.04 Å². The first-order valence-corrected chi connectivity index (χ1v) is 5.96. The third kappa shape index (κ3) is 3.15. The lowest BCUT2D eigenvalue weighted by Crippen LogP contribution is -2.44. The van der Waals surface area contributed by atoms with Crippen molar-refractivity contribution in [2.45, 2.75) is 32.2 Å². The molecule has 0 unspecified atom stereocenters. The molecule has 2 heterocycles. The Bertz CT molecular complexity index is 369. The molecule has 1 aliphatic heterocycles. The van der Waals surface area contributed by atoms with Crippen LogP contribution in [0.25, 0.3) is 0 Å². The second-order valence-corrected chi connectivity index (χ2v) is 4.25. The number of likely N-dealkylation sites (tertiary alicyclic amines) is 1. The van der Waals surface area contributed by atoms with E-state index in [4.69, 9.17) is 4.74 Å². The van der Waals surface area contributed by atoms with Crippen molar-refractivity contribution in [1.29, 1.82) is 0 Å². The Hall–Kier alpha value is -1.65. The zero-order valence-corrected chi connectivity index (χ0v) is 10.0. The van der Waals surface area contributed by atoms with Crippen molar-refractivity contribution >= 4 is 5.91 Å². The Morgan fingerprint density at radius 3 is 2.94 bits per heavy atom. The van der Waals surface area contributed by atoms with Crippen LogP contribution in [0, 0.1) is 0 Å². The lowest BCUT2D eigenvalue weighted by molar-refractivity contribution is -0.136. The molecule has 1 saturated heterocycles. The largest absolute Gasteiger partial charge is 0.453 e. The second-order valence-electron chi connectivity index (χ2n) is 4.25. The topological polar surface area (TPSA) is 55.3 Å². The third-order valence-electron chi connectivity index (χ3n) is 2.99. The summed E-state index contributed by atoms with van der Waals surface area (Å²) in [6.07, 6.45) is 6.55. The van der Waals surface area contributed by atoms with E-state index in [1.165, 1.54) is 6.42 Å². The van der Waals surface area contributed by atoms with Crippen molar-refractivity contribution in [3.05, 3.63) is 18.5 Å². The van der Waals surface area contributed by atoms with Crippen LogP contribution in [0.3, 0.4) is 0 Å². The molecule has 5 nitrogen and oxygen atoms in total. The van der Waals surface area contributed by atoms with Crippen LogP contribution in [0.1, 0.15) is 26.2 Å². The molecule has 1 aromatic heterocycles. The molecule has 0 aliphatic carbocycles. The molecule has 1 amide bonds. The van der Waals surface area contributed by atoms with Crippen molar-refractivity contribution in [1.82, 2.24) is 14.9 Å². The number of rotatable bonds is 3. The summed E-state index contributed by atoms with van der Waals surface area (Å²) >= 11 is 0. The minimum absolute atomic E-state index is 0.0182. The van der Waals surface area contributed by atoms with Gasteiger partial charge in [0.1, 0.15) is 0 Å². The van der Waals surface area contributed by atoms with Gasteiger partial charge < -0.3 is 9.64 Å². The monoisotopic (exact) mass is 235 g/mol. The van der Waals surface area contributed by atoms with Gasteiger partial charge in [-0.2, -0.15) is 0 Å². The van der Waals surface area contributed by atoms with Crippen LogP contribution >= 0.6 is 0 Å². The lowest BCUT2D eigenvalue weighted by Gasteiger charge is -2.33.